The summed E-state index contributed by atoms with van der Waals surface area (Å²) in [5.41, 5.74) is 4.57. The van der Waals surface area contributed by atoms with Gasteiger partial charge in [0, 0.05) is 0 Å². The lowest BCUT2D eigenvalue weighted by atomic mass is 10.5. The zero-order valence-electron chi connectivity index (χ0n) is 5.72. The third kappa shape index (κ3) is 17.8. The van der Waals surface area contributed by atoms with Crippen LogP contribution in [0.3, 0.4) is 0 Å². The maximum Gasteiger partial charge on any atom is 0.317 e. The molecule has 0 radical (unpaired) electrons. The molecule has 0 amide bonds. The molecule has 0 spiro atoms. The van der Waals surface area contributed by atoms with Crippen molar-refractivity contribution in [2.75, 3.05) is 17.2 Å². The molecule has 3 N–H and O–H groups in total. The van der Waals surface area contributed by atoms with E-state index in [1.807, 2.05) is 0 Å². The standard InChI is InChI=1S/C3H4Br2O.C2H5NO2/c4-1-3(6)2-5;3-1-2(4)5/h1-2H2;1,3H2,(H,4,5). The molecule has 0 aliphatic rings. The van der Waals surface area contributed by atoms with Gasteiger partial charge in [-0.25, -0.2) is 0 Å². The fourth-order valence-electron chi connectivity index (χ4n) is 0.0357. The van der Waals surface area contributed by atoms with Gasteiger partial charge < -0.3 is 10.8 Å². The highest BCUT2D eigenvalue weighted by Crippen LogP contribution is 1.86. The zero-order valence-corrected chi connectivity index (χ0v) is 8.89. The predicted molar refractivity (Wildman–Crippen MR) is 49.3 cm³/mol. The summed E-state index contributed by atoms with van der Waals surface area (Å²) in [6.07, 6.45) is 0. The number of rotatable bonds is 3. The lowest BCUT2D eigenvalue weighted by Crippen LogP contribution is -2.10. The number of carbonyl (C=O) groups is 2. The van der Waals surface area contributed by atoms with Gasteiger partial charge in [0.2, 0.25) is 0 Å². The molecule has 0 rings (SSSR count). The van der Waals surface area contributed by atoms with E-state index in [1.54, 1.807) is 0 Å². The van der Waals surface area contributed by atoms with Crippen molar-refractivity contribution >= 4 is 43.6 Å². The van der Waals surface area contributed by atoms with E-state index in [0.717, 1.165) is 0 Å². The molecule has 66 valence electrons. The normalized spacial score (nSPS) is 7.91. The predicted octanol–water partition coefficient (Wildman–Crippen LogP) is 0.375. The summed E-state index contributed by atoms with van der Waals surface area (Å²) in [6, 6.07) is 0. The minimum absolute atomic E-state index is 0.176. The molecular formula is C5H9Br2NO3. The van der Waals surface area contributed by atoms with Crippen molar-refractivity contribution in [2.45, 2.75) is 0 Å². The van der Waals surface area contributed by atoms with Crippen LogP contribution in [-0.4, -0.2) is 34.1 Å². The Bertz CT molecular complexity index is 123. The molecule has 0 unspecified atom stereocenters. The lowest BCUT2D eigenvalue weighted by molar-refractivity contribution is -0.135. The summed E-state index contributed by atoms with van der Waals surface area (Å²) in [7, 11) is 0. The first-order valence-electron chi connectivity index (χ1n) is 2.64. The molecule has 0 bridgehead atoms. The highest BCUT2D eigenvalue weighted by Gasteiger charge is 1.89. The van der Waals surface area contributed by atoms with Crippen LogP contribution in [0, 0.1) is 0 Å². The molecule has 11 heavy (non-hydrogen) atoms. The summed E-state index contributed by atoms with van der Waals surface area (Å²) < 4.78 is 0. The van der Waals surface area contributed by atoms with Crippen molar-refractivity contribution in [1.82, 2.24) is 0 Å². The smallest absolute Gasteiger partial charge is 0.317 e. The first-order valence-corrected chi connectivity index (χ1v) is 4.88. The number of alkyl halides is 2. The molecule has 0 saturated carbocycles. The average molecular weight is 291 g/mol. The van der Waals surface area contributed by atoms with Gasteiger partial charge in [0.1, 0.15) is 0 Å². The van der Waals surface area contributed by atoms with Gasteiger partial charge in [-0.2, -0.15) is 0 Å². The SMILES string of the molecule is NCC(=O)O.O=C(CBr)CBr. The number of carboxylic acids is 1. The van der Waals surface area contributed by atoms with E-state index in [0.29, 0.717) is 10.7 Å². The van der Waals surface area contributed by atoms with Crippen molar-refractivity contribution in [3.05, 3.63) is 0 Å². The van der Waals surface area contributed by atoms with Gasteiger partial charge in [-0.3, -0.25) is 9.59 Å². The van der Waals surface area contributed by atoms with Gasteiger partial charge in [-0.1, -0.05) is 31.9 Å². The van der Waals surface area contributed by atoms with Gasteiger partial charge >= 0.3 is 5.97 Å². The Morgan fingerprint density at radius 1 is 1.27 bits per heavy atom. The number of nitrogens with two attached hydrogens (primary N) is 1. The Labute approximate surface area is 81.4 Å². The van der Waals surface area contributed by atoms with E-state index in [-0.39, 0.29) is 12.3 Å². The molecule has 0 aliphatic carbocycles. The van der Waals surface area contributed by atoms with Crippen LogP contribution >= 0.6 is 31.9 Å². The maximum atomic E-state index is 10.1. The van der Waals surface area contributed by atoms with Gasteiger partial charge in [-0.15, -0.1) is 0 Å². The molecule has 0 atom stereocenters. The van der Waals surface area contributed by atoms with E-state index < -0.39 is 5.97 Å². The summed E-state index contributed by atoms with van der Waals surface area (Å²) in [5, 5.41) is 8.51. The molecular weight excluding hydrogens is 282 g/mol. The van der Waals surface area contributed by atoms with Crippen LogP contribution in [0.4, 0.5) is 0 Å². The average Bonchev–Trinajstić information content (AvgIpc) is 2.04. The fraction of sp³-hybridized carbons (Fsp3) is 0.600. The van der Waals surface area contributed by atoms with Crippen LogP contribution in [0.1, 0.15) is 0 Å². The Hall–Kier alpha value is 0.0600. The van der Waals surface area contributed by atoms with Crippen LogP contribution in [0.5, 0.6) is 0 Å². The number of halogens is 2. The largest absolute Gasteiger partial charge is 0.480 e. The summed E-state index contributed by atoms with van der Waals surface area (Å²) in [6.45, 7) is -0.278. The van der Waals surface area contributed by atoms with E-state index in [1.165, 1.54) is 0 Å². The lowest BCUT2D eigenvalue weighted by Gasteiger charge is -1.78. The van der Waals surface area contributed by atoms with E-state index in [9.17, 15) is 9.59 Å². The Morgan fingerprint density at radius 3 is 1.55 bits per heavy atom. The highest BCUT2D eigenvalue weighted by atomic mass is 79.9. The third-order valence-corrected chi connectivity index (χ3v) is 1.72. The molecule has 0 aliphatic heterocycles. The molecule has 0 aromatic carbocycles. The minimum atomic E-state index is -0.968. The van der Waals surface area contributed by atoms with Crippen molar-refractivity contribution in [2.24, 2.45) is 5.73 Å². The minimum Gasteiger partial charge on any atom is -0.480 e. The molecule has 0 fully saturated rings. The number of Topliss-reactive ketones (excluding diaryl/α,β-unsaturated/α-hetero) is 1. The second kappa shape index (κ2) is 10.1. The maximum absolute atomic E-state index is 10.1. The van der Waals surface area contributed by atoms with Crippen LogP contribution < -0.4 is 5.73 Å². The van der Waals surface area contributed by atoms with Crippen LogP contribution in [0.25, 0.3) is 0 Å². The van der Waals surface area contributed by atoms with Gasteiger partial charge in [0.15, 0.2) is 5.78 Å². The monoisotopic (exact) mass is 289 g/mol. The third-order valence-electron chi connectivity index (χ3n) is 0.473. The second-order valence-corrected chi connectivity index (χ2v) is 2.53. The molecule has 0 saturated heterocycles. The summed E-state index contributed by atoms with van der Waals surface area (Å²) in [5.74, 6) is -0.792. The fourth-order valence-corrected chi connectivity index (χ4v) is 0.964. The number of carbonyl (C=O) groups excluding carboxylic acids is 1. The van der Waals surface area contributed by atoms with E-state index in [2.05, 4.69) is 37.6 Å². The first kappa shape index (κ1) is 13.6. The van der Waals surface area contributed by atoms with E-state index >= 15 is 0 Å². The van der Waals surface area contributed by atoms with Crippen molar-refractivity contribution in [3.63, 3.8) is 0 Å². The van der Waals surface area contributed by atoms with Gasteiger partial charge in [0.05, 0.1) is 17.2 Å². The van der Waals surface area contributed by atoms with Crippen LogP contribution in [-0.2, 0) is 9.59 Å². The zero-order chi connectivity index (χ0) is 9.28. The van der Waals surface area contributed by atoms with Crippen LogP contribution in [0.15, 0.2) is 0 Å². The number of aliphatic carboxylic acids is 1. The topological polar surface area (TPSA) is 80.4 Å². The number of ketones is 1. The highest BCUT2D eigenvalue weighted by molar-refractivity contribution is 9.10. The number of hydrogen-bond acceptors (Lipinski definition) is 3. The summed E-state index contributed by atoms with van der Waals surface area (Å²) >= 11 is 5.99. The van der Waals surface area contributed by atoms with Crippen molar-refractivity contribution in [1.29, 1.82) is 0 Å². The quantitative estimate of drug-likeness (QED) is 0.736. The summed E-state index contributed by atoms with van der Waals surface area (Å²) in [4.78, 5) is 19.3. The molecule has 4 nitrogen and oxygen atoms in total. The Morgan fingerprint density at radius 2 is 1.55 bits per heavy atom. The number of hydrogen-bond donors (Lipinski definition) is 2. The molecule has 0 heterocycles. The van der Waals surface area contributed by atoms with Gasteiger partial charge in [-0.05, 0) is 0 Å². The Kier molecular flexibility index (Phi) is 12.5. The Balaban J connectivity index is 0. The van der Waals surface area contributed by atoms with Crippen molar-refractivity contribution in [3.8, 4) is 0 Å². The molecule has 0 aromatic rings. The molecule has 0 aromatic heterocycles. The second-order valence-electron chi connectivity index (χ2n) is 1.40. The van der Waals surface area contributed by atoms with E-state index in [4.69, 9.17) is 5.11 Å². The first-order chi connectivity index (χ1) is 5.08. The van der Waals surface area contributed by atoms with Gasteiger partial charge in [0.25, 0.3) is 0 Å². The van der Waals surface area contributed by atoms with Crippen molar-refractivity contribution < 1.29 is 14.7 Å². The molecule has 6 heteroatoms. The number of carboxylic acid groups (broad SMARTS) is 1. The van der Waals surface area contributed by atoms with Crippen LogP contribution in [0.2, 0.25) is 0 Å².